The molecule has 2 aromatic rings. The third kappa shape index (κ3) is 2.52. The van der Waals surface area contributed by atoms with Crippen molar-refractivity contribution < 1.29 is 0 Å². The zero-order valence-corrected chi connectivity index (χ0v) is 11.0. The van der Waals surface area contributed by atoms with Crippen molar-refractivity contribution in [1.82, 2.24) is 15.1 Å². The quantitative estimate of drug-likeness (QED) is 0.895. The topological polar surface area (TPSA) is 53.6 Å². The molecular weight excluding hydrogens is 224 g/mol. The molecule has 1 unspecified atom stereocenters. The zero-order valence-electron chi connectivity index (χ0n) is 11.0. The highest BCUT2D eigenvalue weighted by molar-refractivity contribution is 5.78. The maximum absolute atomic E-state index is 9.35. The molecule has 0 aliphatic carbocycles. The highest BCUT2D eigenvalue weighted by Gasteiger charge is 2.26. The van der Waals surface area contributed by atoms with E-state index in [1.54, 1.807) is 0 Å². The van der Waals surface area contributed by atoms with Crippen LogP contribution in [0.5, 0.6) is 0 Å². The van der Waals surface area contributed by atoms with Gasteiger partial charge >= 0.3 is 0 Å². The molecule has 1 N–H and O–H groups in total. The van der Waals surface area contributed by atoms with E-state index in [2.05, 4.69) is 16.5 Å². The first-order valence-corrected chi connectivity index (χ1v) is 6.13. The molecule has 1 aromatic heterocycles. The van der Waals surface area contributed by atoms with E-state index in [-0.39, 0.29) is 6.04 Å². The molecule has 0 aliphatic rings. The summed E-state index contributed by atoms with van der Waals surface area (Å²) in [5.74, 6) is 0. The second-order valence-electron chi connectivity index (χ2n) is 5.10. The lowest BCUT2D eigenvalue weighted by Gasteiger charge is -2.26. The van der Waals surface area contributed by atoms with Crippen LogP contribution in [-0.4, -0.2) is 21.4 Å². The van der Waals surface area contributed by atoms with Crippen LogP contribution in [0.3, 0.4) is 0 Å². The van der Waals surface area contributed by atoms with Gasteiger partial charge in [-0.25, -0.2) is 0 Å². The summed E-state index contributed by atoms with van der Waals surface area (Å²) in [5.41, 5.74) is 0.452. The van der Waals surface area contributed by atoms with Crippen molar-refractivity contribution in [3.05, 3.63) is 30.5 Å². The molecule has 0 amide bonds. The predicted octanol–water partition coefficient (Wildman–Crippen LogP) is 2.32. The van der Waals surface area contributed by atoms with Crippen molar-refractivity contribution in [2.75, 3.05) is 0 Å². The van der Waals surface area contributed by atoms with E-state index in [0.29, 0.717) is 6.54 Å². The zero-order chi connectivity index (χ0) is 13.2. The average Bonchev–Trinajstić information content (AvgIpc) is 2.72. The highest BCUT2D eigenvalue weighted by atomic mass is 15.3. The van der Waals surface area contributed by atoms with Crippen LogP contribution in [-0.2, 0) is 6.54 Å². The number of nitrogens with zero attached hydrogens (tertiary/aromatic N) is 3. The van der Waals surface area contributed by atoms with Crippen molar-refractivity contribution >= 4 is 10.9 Å². The molecule has 1 atom stereocenters. The number of benzene rings is 1. The number of aromatic nitrogens is 2. The maximum Gasteiger partial charge on any atom is 0.123 e. The number of hydrogen-bond donors (Lipinski definition) is 1. The van der Waals surface area contributed by atoms with Crippen molar-refractivity contribution in [3.8, 4) is 6.07 Å². The first kappa shape index (κ1) is 12.6. The smallest absolute Gasteiger partial charge is 0.123 e. The summed E-state index contributed by atoms with van der Waals surface area (Å²) in [5, 5.41) is 18.1. The van der Waals surface area contributed by atoms with Crippen LogP contribution >= 0.6 is 0 Å². The van der Waals surface area contributed by atoms with Gasteiger partial charge in [-0.05, 0) is 26.8 Å². The molecule has 94 valence electrons. The van der Waals surface area contributed by atoms with Crippen molar-refractivity contribution in [1.29, 1.82) is 5.26 Å². The Morgan fingerprint density at radius 1 is 1.44 bits per heavy atom. The number of nitrogens with one attached hydrogen (secondary N) is 1. The number of para-hydroxylation sites is 1. The Balaban J connectivity index is 2.30. The molecule has 2 rings (SSSR count). The van der Waals surface area contributed by atoms with Crippen LogP contribution < -0.4 is 5.32 Å². The number of hydrogen-bond acceptors (Lipinski definition) is 3. The largest absolute Gasteiger partial charge is 0.296 e. The number of nitriles is 1. The molecule has 0 fully saturated rings. The van der Waals surface area contributed by atoms with Gasteiger partial charge in [-0.3, -0.25) is 10.00 Å². The van der Waals surface area contributed by atoms with Gasteiger partial charge in [-0.1, -0.05) is 18.2 Å². The standard InChI is InChI=1S/C14H18N4/c1-11(2)17-14(3,9-15)10-18-13-7-5-4-6-12(13)8-16-18/h4-8,11,17H,10H2,1-3H3. The molecule has 0 saturated carbocycles. The van der Waals surface area contributed by atoms with Crippen molar-refractivity contribution in [2.45, 2.75) is 38.9 Å². The summed E-state index contributed by atoms with van der Waals surface area (Å²) in [7, 11) is 0. The number of rotatable bonds is 4. The van der Waals surface area contributed by atoms with Gasteiger partial charge in [-0.2, -0.15) is 10.4 Å². The Labute approximate surface area is 107 Å². The van der Waals surface area contributed by atoms with Gasteiger partial charge in [0.2, 0.25) is 0 Å². The van der Waals surface area contributed by atoms with Gasteiger partial charge in [-0.15, -0.1) is 0 Å². The molecule has 4 heteroatoms. The Morgan fingerprint density at radius 3 is 2.83 bits per heavy atom. The van der Waals surface area contributed by atoms with Crippen molar-refractivity contribution in [2.24, 2.45) is 0 Å². The summed E-state index contributed by atoms with van der Waals surface area (Å²) in [6.45, 7) is 6.52. The minimum atomic E-state index is -0.608. The molecule has 18 heavy (non-hydrogen) atoms. The molecule has 1 heterocycles. The van der Waals surface area contributed by atoms with E-state index in [1.807, 2.05) is 55.9 Å². The van der Waals surface area contributed by atoms with E-state index in [4.69, 9.17) is 0 Å². The lowest BCUT2D eigenvalue weighted by atomic mass is 10.0. The van der Waals surface area contributed by atoms with Gasteiger partial charge in [0, 0.05) is 11.4 Å². The van der Waals surface area contributed by atoms with Crippen LogP contribution in [0.25, 0.3) is 10.9 Å². The van der Waals surface area contributed by atoms with Gasteiger partial charge in [0.15, 0.2) is 0 Å². The molecule has 0 spiro atoms. The van der Waals surface area contributed by atoms with Crippen LogP contribution in [0.1, 0.15) is 20.8 Å². The summed E-state index contributed by atoms with van der Waals surface area (Å²) in [6.07, 6.45) is 1.84. The van der Waals surface area contributed by atoms with Gasteiger partial charge in [0.25, 0.3) is 0 Å². The second-order valence-corrected chi connectivity index (χ2v) is 5.10. The molecular formula is C14H18N4. The third-order valence-corrected chi connectivity index (χ3v) is 2.87. The van der Waals surface area contributed by atoms with Gasteiger partial charge < -0.3 is 0 Å². The summed E-state index contributed by atoms with van der Waals surface area (Å²) < 4.78 is 1.88. The van der Waals surface area contributed by atoms with Gasteiger partial charge in [0.1, 0.15) is 5.54 Å². The van der Waals surface area contributed by atoms with Crippen LogP contribution in [0.4, 0.5) is 0 Å². The van der Waals surface area contributed by atoms with E-state index in [1.165, 1.54) is 0 Å². The van der Waals surface area contributed by atoms with E-state index >= 15 is 0 Å². The number of fused-ring (bicyclic) bond motifs is 1. The Kier molecular flexibility index (Phi) is 3.35. The summed E-state index contributed by atoms with van der Waals surface area (Å²) in [6, 6.07) is 10.6. The molecule has 0 aliphatic heterocycles. The first-order valence-electron chi connectivity index (χ1n) is 6.13. The fraction of sp³-hybridized carbons (Fsp3) is 0.429. The minimum absolute atomic E-state index is 0.261. The molecule has 0 radical (unpaired) electrons. The fourth-order valence-electron chi connectivity index (χ4n) is 2.20. The lowest BCUT2D eigenvalue weighted by molar-refractivity contribution is 0.348. The summed E-state index contributed by atoms with van der Waals surface area (Å²) >= 11 is 0. The van der Waals surface area contributed by atoms with Crippen molar-refractivity contribution in [3.63, 3.8) is 0 Å². The normalized spacial score (nSPS) is 14.6. The Bertz CT molecular complexity index is 579. The van der Waals surface area contributed by atoms with Crippen LogP contribution in [0.2, 0.25) is 0 Å². The lowest BCUT2D eigenvalue weighted by Crippen LogP contribution is -2.48. The summed E-state index contributed by atoms with van der Waals surface area (Å²) in [4.78, 5) is 0. The van der Waals surface area contributed by atoms with E-state index in [0.717, 1.165) is 10.9 Å². The third-order valence-electron chi connectivity index (χ3n) is 2.87. The Morgan fingerprint density at radius 2 is 2.17 bits per heavy atom. The fourth-order valence-corrected chi connectivity index (χ4v) is 2.20. The van der Waals surface area contributed by atoms with Gasteiger partial charge in [0.05, 0.1) is 24.3 Å². The highest BCUT2D eigenvalue weighted by Crippen LogP contribution is 2.16. The molecule has 0 bridgehead atoms. The average molecular weight is 242 g/mol. The molecule has 0 saturated heterocycles. The second kappa shape index (κ2) is 4.79. The SMILES string of the molecule is CC(C)NC(C)(C#N)Cn1ncc2ccccc21. The van der Waals surface area contributed by atoms with Crippen LogP contribution in [0.15, 0.2) is 30.5 Å². The molecule has 1 aromatic carbocycles. The maximum atomic E-state index is 9.35. The van der Waals surface area contributed by atoms with Crippen LogP contribution in [0, 0.1) is 11.3 Å². The van der Waals surface area contributed by atoms with E-state index < -0.39 is 5.54 Å². The predicted molar refractivity (Wildman–Crippen MR) is 72.0 cm³/mol. The van der Waals surface area contributed by atoms with E-state index in [9.17, 15) is 5.26 Å². The minimum Gasteiger partial charge on any atom is -0.296 e. The Hall–Kier alpha value is -1.86. The monoisotopic (exact) mass is 242 g/mol. The first-order chi connectivity index (χ1) is 8.54. The molecule has 4 nitrogen and oxygen atoms in total.